The molecule has 0 atom stereocenters. The second-order valence-electron chi connectivity index (χ2n) is 5.26. The Kier molecular flexibility index (Phi) is 4.88. The molecule has 0 N–H and O–H groups in total. The molecule has 0 saturated carbocycles. The van der Waals surface area contributed by atoms with Crippen molar-refractivity contribution in [3.05, 3.63) is 64.1 Å². The van der Waals surface area contributed by atoms with E-state index in [9.17, 15) is 8.42 Å². The maximum absolute atomic E-state index is 13.0. The Balaban J connectivity index is 2.04. The summed E-state index contributed by atoms with van der Waals surface area (Å²) in [6, 6.07) is 14.2. The molecule has 0 aliphatic rings. The zero-order chi connectivity index (χ0) is 17.3. The highest BCUT2D eigenvalue weighted by Crippen LogP contribution is 2.36. The van der Waals surface area contributed by atoms with E-state index in [1.54, 1.807) is 25.1 Å². The van der Waals surface area contributed by atoms with E-state index in [0.29, 0.717) is 22.5 Å². The normalized spacial score (nSPS) is 12.2. The van der Waals surface area contributed by atoms with Gasteiger partial charge in [0.1, 0.15) is 10.6 Å². The van der Waals surface area contributed by atoms with Gasteiger partial charge in [0.2, 0.25) is 0 Å². The molecule has 0 bridgehead atoms. The lowest BCUT2D eigenvalue weighted by atomic mass is 10.2. The summed E-state index contributed by atoms with van der Waals surface area (Å²) in [6.07, 6.45) is 0. The van der Waals surface area contributed by atoms with Crippen molar-refractivity contribution in [2.24, 2.45) is 0 Å². The zero-order valence-electron chi connectivity index (χ0n) is 12.9. The Hall–Kier alpha value is -1.53. The van der Waals surface area contributed by atoms with Crippen molar-refractivity contribution in [3.8, 4) is 0 Å². The van der Waals surface area contributed by atoms with Crippen LogP contribution in [-0.2, 0) is 16.6 Å². The molecule has 0 saturated heterocycles. The van der Waals surface area contributed by atoms with Gasteiger partial charge in [-0.15, -0.1) is 0 Å². The first-order chi connectivity index (χ1) is 11.4. The molecule has 0 aliphatic heterocycles. The zero-order valence-corrected chi connectivity index (χ0v) is 15.2. The van der Waals surface area contributed by atoms with Crippen molar-refractivity contribution in [2.45, 2.75) is 18.6 Å². The third-order valence-electron chi connectivity index (χ3n) is 3.69. The third-order valence-corrected chi connectivity index (χ3v) is 6.23. The molecule has 0 unspecified atom stereocenters. The van der Waals surface area contributed by atoms with Crippen molar-refractivity contribution in [3.63, 3.8) is 0 Å². The van der Waals surface area contributed by atoms with Crippen LogP contribution in [0, 0.1) is 0 Å². The maximum Gasteiger partial charge on any atom is 0.278 e. The maximum atomic E-state index is 13.0. The van der Waals surface area contributed by atoms with Gasteiger partial charge in [0.05, 0.1) is 0 Å². The summed E-state index contributed by atoms with van der Waals surface area (Å²) in [5.41, 5.74) is 1.27. The summed E-state index contributed by atoms with van der Waals surface area (Å²) in [6.45, 7) is 2.31. The van der Waals surface area contributed by atoms with Gasteiger partial charge < -0.3 is 4.42 Å². The molecule has 0 fully saturated rings. The standard InChI is InChI=1S/C17H15Cl2NO3S/c1-2-20(11-12-6-4-3-5-7-12)24(21,22)17-16(19)14-10-13(18)8-9-15(14)23-17/h3-10H,2,11H2,1H3. The van der Waals surface area contributed by atoms with Crippen molar-refractivity contribution >= 4 is 44.2 Å². The molecular formula is C17H15Cl2NO3S. The van der Waals surface area contributed by atoms with E-state index in [-0.39, 0.29) is 16.7 Å². The average molecular weight is 384 g/mol. The van der Waals surface area contributed by atoms with Crippen LogP contribution >= 0.6 is 23.2 Å². The highest BCUT2D eigenvalue weighted by molar-refractivity contribution is 7.89. The van der Waals surface area contributed by atoms with Gasteiger partial charge in [0.25, 0.3) is 15.1 Å². The number of sulfonamides is 1. The lowest BCUT2D eigenvalue weighted by Gasteiger charge is -2.19. The highest BCUT2D eigenvalue weighted by Gasteiger charge is 2.31. The van der Waals surface area contributed by atoms with Gasteiger partial charge in [-0.2, -0.15) is 4.31 Å². The van der Waals surface area contributed by atoms with Crippen LogP contribution in [0.5, 0.6) is 0 Å². The molecule has 0 radical (unpaired) electrons. The minimum atomic E-state index is -3.86. The molecule has 3 aromatic rings. The van der Waals surface area contributed by atoms with E-state index in [4.69, 9.17) is 27.6 Å². The van der Waals surface area contributed by atoms with Crippen LogP contribution in [0.25, 0.3) is 11.0 Å². The smallest absolute Gasteiger partial charge is 0.278 e. The van der Waals surface area contributed by atoms with E-state index in [1.807, 2.05) is 30.3 Å². The molecule has 0 spiro atoms. The lowest BCUT2D eigenvalue weighted by molar-refractivity contribution is 0.394. The minimum absolute atomic E-state index is 0.0546. The third kappa shape index (κ3) is 3.17. The second-order valence-corrected chi connectivity index (χ2v) is 7.91. The summed E-state index contributed by atoms with van der Waals surface area (Å²) in [7, 11) is -3.86. The van der Waals surface area contributed by atoms with Crippen molar-refractivity contribution in [1.82, 2.24) is 4.31 Å². The number of halogens is 2. The molecular weight excluding hydrogens is 369 g/mol. The van der Waals surface area contributed by atoms with Gasteiger partial charge in [0.15, 0.2) is 0 Å². The number of nitrogens with zero attached hydrogens (tertiary/aromatic N) is 1. The van der Waals surface area contributed by atoms with Crippen LogP contribution in [0.15, 0.2) is 58.0 Å². The fraction of sp³-hybridized carbons (Fsp3) is 0.176. The van der Waals surface area contributed by atoms with E-state index < -0.39 is 10.0 Å². The number of furan rings is 1. The van der Waals surface area contributed by atoms with Crippen LogP contribution in [0.2, 0.25) is 10.0 Å². The molecule has 0 amide bonds. The van der Waals surface area contributed by atoms with Crippen LogP contribution in [-0.4, -0.2) is 19.3 Å². The topological polar surface area (TPSA) is 50.5 Å². The van der Waals surface area contributed by atoms with Crippen molar-refractivity contribution in [2.75, 3.05) is 6.54 Å². The van der Waals surface area contributed by atoms with Crippen LogP contribution in [0.1, 0.15) is 12.5 Å². The summed E-state index contributed by atoms with van der Waals surface area (Å²) >= 11 is 12.2. The molecule has 7 heteroatoms. The largest absolute Gasteiger partial charge is 0.442 e. The van der Waals surface area contributed by atoms with Crippen molar-refractivity contribution < 1.29 is 12.8 Å². The van der Waals surface area contributed by atoms with Gasteiger partial charge in [-0.3, -0.25) is 0 Å². The molecule has 1 heterocycles. The fourth-order valence-electron chi connectivity index (χ4n) is 2.45. The summed E-state index contributed by atoms with van der Waals surface area (Å²) in [5.74, 6) is 0. The van der Waals surface area contributed by atoms with Gasteiger partial charge >= 0.3 is 0 Å². The second kappa shape index (κ2) is 6.76. The van der Waals surface area contributed by atoms with E-state index in [1.165, 1.54) is 4.31 Å². The molecule has 0 aliphatic carbocycles. The molecule has 24 heavy (non-hydrogen) atoms. The van der Waals surface area contributed by atoms with Crippen LogP contribution < -0.4 is 0 Å². The Bertz CT molecular complexity index is 968. The number of fused-ring (bicyclic) bond motifs is 1. The quantitative estimate of drug-likeness (QED) is 0.625. The van der Waals surface area contributed by atoms with Gasteiger partial charge in [-0.1, -0.05) is 60.5 Å². The Morgan fingerprint density at radius 2 is 1.79 bits per heavy atom. The monoisotopic (exact) mass is 383 g/mol. The van der Waals surface area contributed by atoms with E-state index >= 15 is 0 Å². The molecule has 126 valence electrons. The first kappa shape index (κ1) is 17.3. The summed E-state index contributed by atoms with van der Waals surface area (Å²) in [5, 5.41) is 0.752. The van der Waals surface area contributed by atoms with Crippen LogP contribution in [0.4, 0.5) is 0 Å². The molecule has 3 rings (SSSR count). The molecule has 1 aromatic heterocycles. The Labute approximate surface area is 150 Å². The predicted molar refractivity (Wildman–Crippen MR) is 95.9 cm³/mol. The van der Waals surface area contributed by atoms with Gasteiger partial charge in [-0.05, 0) is 23.8 Å². The summed E-state index contributed by atoms with van der Waals surface area (Å²) < 4.78 is 32.8. The predicted octanol–water partition coefficient (Wildman–Crippen LogP) is 4.95. The highest BCUT2D eigenvalue weighted by atomic mass is 35.5. The number of benzene rings is 2. The van der Waals surface area contributed by atoms with E-state index in [0.717, 1.165) is 5.56 Å². The number of hydrogen-bond donors (Lipinski definition) is 0. The minimum Gasteiger partial charge on any atom is -0.442 e. The fourth-order valence-corrected chi connectivity index (χ4v) is 4.53. The lowest BCUT2D eigenvalue weighted by Crippen LogP contribution is -2.30. The first-order valence-corrected chi connectivity index (χ1v) is 9.54. The Morgan fingerprint density at radius 1 is 1.08 bits per heavy atom. The number of hydrogen-bond acceptors (Lipinski definition) is 3. The van der Waals surface area contributed by atoms with Crippen molar-refractivity contribution in [1.29, 1.82) is 0 Å². The first-order valence-electron chi connectivity index (χ1n) is 7.35. The molecule has 4 nitrogen and oxygen atoms in total. The number of rotatable bonds is 5. The van der Waals surface area contributed by atoms with Crippen LogP contribution in [0.3, 0.4) is 0 Å². The van der Waals surface area contributed by atoms with Gasteiger partial charge in [-0.25, -0.2) is 8.42 Å². The average Bonchev–Trinajstić information content (AvgIpc) is 2.90. The van der Waals surface area contributed by atoms with Gasteiger partial charge in [0, 0.05) is 23.5 Å². The summed E-state index contributed by atoms with van der Waals surface area (Å²) in [4.78, 5) is 0. The Morgan fingerprint density at radius 3 is 2.46 bits per heavy atom. The van der Waals surface area contributed by atoms with E-state index in [2.05, 4.69) is 0 Å². The molecule has 2 aromatic carbocycles. The SMILES string of the molecule is CCN(Cc1ccccc1)S(=O)(=O)c1oc2ccc(Cl)cc2c1Cl.